The second kappa shape index (κ2) is 7.79. The molecule has 3 rings (SSSR count). The molecule has 25 heavy (non-hydrogen) atoms. The zero-order valence-corrected chi connectivity index (χ0v) is 14.2. The molecule has 0 aliphatic heterocycles. The van der Waals surface area contributed by atoms with Crippen molar-refractivity contribution in [3.05, 3.63) is 71.5 Å². The van der Waals surface area contributed by atoms with Crippen LogP contribution in [0, 0.1) is 6.92 Å². The van der Waals surface area contributed by atoms with Crippen molar-refractivity contribution >= 4 is 22.7 Å². The maximum Gasteiger partial charge on any atom is 0.220 e. The molecule has 1 N–H and O–H groups in total. The number of hydrogen-bond donors (Lipinski definition) is 1. The minimum Gasteiger partial charge on any atom is -0.464 e. The van der Waals surface area contributed by atoms with E-state index in [2.05, 4.69) is 5.32 Å². The lowest BCUT2D eigenvalue weighted by molar-refractivity contribution is -0.121. The number of ketones is 1. The van der Waals surface area contributed by atoms with Crippen LogP contribution in [-0.4, -0.2) is 18.2 Å². The summed E-state index contributed by atoms with van der Waals surface area (Å²) in [6, 6.07) is 15.3. The minimum atomic E-state index is -0.103. The molecule has 3 aromatic rings. The highest BCUT2D eigenvalue weighted by Gasteiger charge is 2.10. The predicted molar refractivity (Wildman–Crippen MR) is 97.7 cm³/mol. The van der Waals surface area contributed by atoms with Crippen molar-refractivity contribution in [3.63, 3.8) is 0 Å². The van der Waals surface area contributed by atoms with Gasteiger partial charge in [-0.3, -0.25) is 9.59 Å². The van der Waals surface area contributed by atoms with Crippen LogP contribution in [-0.2, 0) is 11.2 Å². The summed E-state index contributed by atoms with van der Waals surface area (Å²) in [4.78, 5) is 24.0. The molecular weight excluding hydrogens is 314 g/mol. The summed E-state index contributed by atoms with van der Waals surface area (Å²) in [5.41, 5.74) is 3.70. The molecule has 1 heterocycles. The topological polar surface area (TPSA) is 59.3 Å². The Hall–Kier alpha value is -2.88. The van der Waals surface area contributed by atoms with Crippen LogP contribution in [0.1, 0.15) is 34.3 Å². The normalized spacial score (nSPS) is 10.8. The Morgan fingerprint density at radius 1 is 1.00 bits per heavy atom. The van der Waals surface area contributed by atoms with E-state index in [1.54, 1.807) is 18.4 Å². The van der Waals surface area contributed by atoms with Crippen LogP contribution in [0.2, 0.25) is 0 Å². The number of fused-ring (bicyclic) bond motifs is 1. The molecule has 0 atom stereocenters. The first-order valence-corrected chi connectivity index (χ1v) is 8.45. The van der Waals surface area contributed by atoms with Gasteiger partial charge < -0.3 is 9.73 Å². The summed E-state index contributed by atoms with van der Waals surface area (Å²) >= 11 is 0. The maximum absolute atomic E-state index is 12.1. The van der Waals surface area contributed by atoms with Gasteiger partial charge in [0, 0.05) is 30.3 Å². The summed E-state index contributed by atoms with van der Waals surface area (Å²) in [6.07, 6.45) is 2.87. The molecule has 1 amide bonds. The molecular formula is C21H21NO3. The van der Waals surface area contributed by atoms with Gasteiger partial charge in [-0.1, -0.05) is 48.0 Å². The van der Waals surface area contributed by atoms with Gasteiger partial charge in [-0.15, -0.1) is 0 Å². The molecule has 0 unspecified atom stereocenters. The Balaban J connectivity index is 1.44. The number of carbonyl (C=O) groups is 2. The van der Waals surface area contributed by atoms with Crippen molar-refractivity contribution < 1.29 is 14.0 Å². The zero-order valence-electron chi connectivity index (χ0n) is 14.2. The lowest BCUT2D eigenvalue weighted by atomic mass is 10.0. The maximum atomic E-state index is 12.1. The molecule has 2 aromatic carbocycles. The second-order valence-electron chi connectivity index (χ2n) is 6.15. The SMILES string of the molecule is Cc1ccc(C(=O)CCC(=O)NCCc2coc3ccccc23)cc1. The first-order chi connectivity index (χ1) is 12.1. The predicted octanol–water partition coefficient (Wildman–Crippen LogP) is 4.06. The van der Waals surface area contributed by atoms with Crippen molar-refractivity contribution in [2.75, 3.05) is 6.54 Å². The van der Waals surface area contributed by atoms with Gasteiger partial charge in [0.1, 0.15) is 5.58 Å². The summed E-state index contributed by atoms with van der Waals surface area (Å²) in [7, 11) is 0. The van der Waals surface area contributed by atoms with E-state index in [9.17, 15) is 9.59 Å². The summed E-state index contributed by atoms with van der Waals surface area (Å²) < 4.78 is 5.49. The molecule has 0 bridgehead atoms. The van der Waals surface area contributed by atoms with E-state index < -0.39 is 0 Å². The molecule has 0 saturated carbocycles. The summed E-state index contributed by atoms with van der Waals surface area (Å²) in [6.45, 7) is 2.51. The number of Topliss-reactive ketones (excluding diaryl/α,β-unsaturated/α-hetero) is 1. The van der Waals surface area contributed by atoms with E-state index in [-0.39, 0.29) is 24.5 Å². The Morgan fingerprint density at radius 2 is 1.76 bits per heavy atom. The quantitative estimate of drug-likeness (QED) is 0.662. The molecule has 0 spiro atoms. The molecule has 0 radical (unpaired) electrons. The Kier molecular flexibility index (Phi) is 5.29. The van der Waals surface area contributed by atoms with Crippen LogP contribution in [0.15, 0.2) is 59.2 Å². The third kappa shape index (κ3) is 4.35. The van der Waals surface area contributed by atoms with Gasteiger partial charge in [-0.05, 0) is 25.0 Å². The summed E-state index contributed by atoms with van der Waals surface area (Å²) in [5.74, 6) is -0.107. The van der Waals surface area contributed by atoms with Crippen LogP contribution in [0.3, 0.4) is 0 Å². The van der Waals surface area contributed by atoms with Crippen molar-refractivity contribution in [3.8, 4) is 0 Å². The fraction of sp³-hybridized carbons (Fsp3) is 0.238. The molecule has 4 nitrogen and oxygen atoms in total. The van der Waals surface area contributed by atoms with Crippen molar-refractivity contribution in [2.24, 2.45) is 0 Å². The number of furan rings is 1. The van der Waals surface area contributed by atoms with E-state index in [4.69, 9.17) is 4.42 Å². The number of nitrogens with one attached hydrogen (secondary N) is 1. The molecule has 128 valence electrons. The van der Waals surface area contributed by atoms with Gasteiger partial charge in [0.2, 0.25) is 5.91 Å². The molecule has 0 saturated heterocycles. The monoisotopic (exact) mass is 335 g/mol. The van der Waals surface area contributed by atoms with E-state index in [0.29, 0.717) is 18.5 Å². The Labute approximate surface area is 146 Å². The number of rotatable bonds is 7. The van der Waals surface area contributed by atoms with Gasteiger partial charge >= 0.3 is 0 Å². The first-order valence-electron chi connectivity index (χ1n) is 8.45. The third-order valence-corrected chi connectivity index (χ3v) is 4.23. The lowest BCUT2D eigenvalue weighted by Crippen LogP contribution is -2.26. The third-order valence-electron chi connectivity index (χ3n) is 4.23. The average Bonchev–Trinajstić information content (AvgIpc) is 3.04. The molecule has 0 aliphatic carbocycles. The van der Waals surface area contributed by atoms with Crippen LogP contribution < -0.4 is 5.32 Å². The van der Waals surface area contributed by atoms with Crippen LogP contribution in [0.5, 0.6) is 0 Å². The van der Waals surface area contributed by atoms with Gasteiger partial charge in [-0.2, -0.15) is 0 Å². The minimum absolute atomic E-state index is 0.00372. The van der Waals surface area contributed by atoms with Crippen molar-refractivity contribution in [1.82, 2.24) is 5.32 Å². The van der Waals surface area contributed by atoms with Crippen molar-refractivity contribution in [1.29, 1.82) is 0 Å². The fourth-order valence-corrected chi connectivity index (χ4v) is 2.76. The number of amides is 1. The Bertz CT molecular complexity index is 878. The zero-order chi connectivity index (χ0) is 17.6. The van der Waals surface area contributed by atoms with E-state index in [1.807, 2.05) is 43.3 Å². The fourth-order valence-electron chi connectivity index (χ4n) is 2.76. The van der Waals surface area contributed by atoms with E-state index in [0.717, 1.165) is 22.1 Å². The van der Waals surface area contributed by atoms with E-state index in [1.165, 1.54) is 0 Å². The Morgan fingerprint density at radius 3 is 2.56 bits per heavy atom. The van der Waals surface area contributed by atoms with Crippen molar-refractivity contribution in [2.45, 2.75) is 26.2 Å². The number of carbonyl (C=O) groups excluding carboxylic acids is 2. The van der Waals surface area contributed by atoms with Crippen LogP contribution >= 0.6 is 0 Å². The lowest BCUT2D eigenvalue weighted by Gasteiger charge is -2.05. The number of aryl methyl sites for hydroxylation is 1. The number of para-hydroxylation sites is 1. The molecule has 0 fully saturated rings. The number of benzene rings is 2. The van der Waals surface area contributed by atoms with Crippen LogP contribution in [0.4, 0.5) is 0 Å². The second-order valence-corrected chi connectivity index (χ2v) is 6.15. The molecule has 1 aromatic heterocycles. The number of hydrogen-bond acceptors (Lipinski definition) is 3. The average molecular weight is 335 g/mol. The highest BCUT2D eigenvalue weighted by Crippen LogP contribution is 2.20. The highest BCUT2D eigenvalue weighted by atomic mass is 16.3. The smallest absolute Gasteiger partial charge is 0.220 e. The molecule has 0 aliphatic rings. The first kappa shape index (κ1) is 17.0. The summed E-state index contributed by atoms with van der Waals surface area (Å²) in [5, 5.41) is 3.94. The van der Waals surface area contributed by atoms with Gasteiger partial charge in [-0.25, -0.2) is 0 Å². The van der Waals surface area contributed by atoms with Gasteiger partial charge in [0.15, 0.2) is 5.78 Å². The largest absolute Gasteiger partial charge is 0.464 e. The van der Waals surface area contributed by atoms with E-state index >= 15 is 0 Å². The molecule has 4 heteroatoms. The van der Waals surface area contributed by atoms with Gasteiger partial charge in [0.25, 0.3) is 0 Å². The highest BCUT2D eigenvalue weighted by molar-refractivity contribution is 5.98. The van der Waals surface area contributed by atoms with Crippen LogP contribution in [0.25, 0.3) is 11.0 Å². The standard InChI is InChI=1S/C21H21NO3/c1-15-6-8-16(9-7-15)19(23)10-11-21(24)22-13-12-17-14-25-20-5-3-2-4-18(17)20/h2-9,14H,10-13H2,1H3,(H,22,24). The van der Waals surface area contributed by atoms with Gasteiger partial charge in [0.05, 0.1) is 6.26 Å².